The van der Waals surface area contributed by atoms with Crippen LogP contribution in [0.1, 0.15) is 18.5 Å². The molecule has 0 saturated carbocycles. The van der Waals surface area contributed by atoms with Crippen LogP contribution in [-0.2, 0) is 4.79 Å². The van der Waals surface area contributed by atoms with E-state index in [2.05, 4.69) is 20.3 Å². The van der Waals surface area contributed by atoms with Crippen LogP contribution < -0.4 is 11.1 Å². The Morgan fingerprint density at radius 2 is 2.04 bits per heavy atom. The van der Waals surface area contributed by atoms with Gasteiger partial charge in [-0.25, -0.2) is 9.97 Å². The third kappa shape index (κ3) is 5.00. The lowest BCUT2D eigenvalue weighted by Crippen LogP contribution is -2.36. The third-order valence-electron chi connectivity index (χ3n) is 3.28. The van der Waals surface area contributed by atoms with Crippen molar-refractivity contribution in [3.05, 3.63) is 30.0 Å². The second-order valence-corrected chi connectivity index (χ2v) is 5.58. The van der Waals surface area contributed by atoms with E-state index in [-0.39, 0.29) is 17.8 Å². The molecular weight excluding hydrogens is 292 g/mol. The fourth-order valence-corrected chi connectivity index (χ4v) is 2.17. The third-order valence-corrected chi connectivity index (χ3v) is 3.28. The molecule has 0 fully saturated rings. The molecule has 0 aliphatic heterocycles. The lowest BCUT2D eigenvalue weighted by molar-refractivity contribution is -0.119. The first-order valence-electron chi connectivity index (χ1n) is 7.48. The molecule has 7 heteroatoms. The van der Waals surface area contributed by atoms with Gasteiger partial charge < -0.3 is 10.6 Å². The summed E-state index contributed by atoms with van der Waals surface area (Å²) < 4.78 is 0. The van der Waals surface area contributed by atoms with Gasteiger partial charge in [-0.15, -0.1) is 0 Å². The summed E-state index contributed by atoms with van der Waals surface area (Å²) in [6, 6.07) is 7.68. The smallest absolute Gasteiger partial charge is 0.253 e. The summed E-state index contributed by atoms with van der Waals surface area (Å²) in [4.78, 5) is 26.5. The Hall–Kier alpha value is -2.54. The average molecular weight is 314 g/mol. The first-order chi connectivity index (χ1) is 11.0. The second kappa shape index (κ2) is 7.64. The van der Waals surface area contributed by atoms with Crippen LogP contribution in [0.5, 0.6) is 0 Å². The van der Waals surface area contributed by atoms with E-state index in [1.54, 1.807) is 0 Å². The summed E-state index contributed by atoms with van der Waals surface area (Å²) in [5, 5.41) is 3.53. The molecule has 0 saturated heterocycles. The van der Waals surface area contributed by atoms with Crippen molar-refractivity contribution < 1.29 is 4.79 Å². The van der Waals surface area contributed by atoms with Crippen molar-refractivity contribution in [2.24, 2.45) is 10.7 Å². The maximum Gasteiger partial charge on any atom is 0.253 e. The molecule has 1 aromatic carbocycles. The Morgan fingerprint density at radius 3 is 2.78 bits per heavy atom. The minimum Gasteiger partial charge on any atom is -0.369 e. The normalized spacial score (nSPS) is 11.9. The molecule has 0 aliphatic carbocycles. The topological polar surface area (TPSA) is 96.5 Å². The van der Waals surface area contributed by atoms with E-state index in [0.29, 0.717) is 6.42 Å². The Kier molecular flexibility index (Phi) is 5.59. The summed E-state index contributed by atoms with van der Waals surface area (Å²) >= 11 is 0. The number of rotatable bonds is 5. The van der Waals surface area contributed by atoms with Crippen LogP contribution in [0.15, 0.2) is 29.3 Å². The maximum absolute atomic E-state index is 11.8. The molecule has 23 heavy (non-hydrogen) atoms. The Labute approximate surface area is 135 Å². The Morgan fingerprint density at radius 1 is 1.30 bits per heavy atom. The lowest BCUT2D eigenvalue weighted by atomic mass is 10.2. The summed E-state index contributed by atoms with van der Waals surface area (Å²) in [5.74, 6) is 0.0902. The number of fused-ring (bicyclic) bond motifs is 1. The monoisotopic (exact) mass is 314 g/mol. The molecule has 1 heterocycles. The van der Waals surface area contributed by atoms with Crippen LogP contribution in [0.3, 0.4) is 0 Å². The molecular formula is C16H22N6O. The Bertz CT molecular complexity index is 726. The molecule has 0 bridgehead atoms. The number of guanidine groups is 1. The van der Waals surface area contributed by atoms with Crippen molar-refractivity contribution in [3.63, 3.8) is 0 Å². The largest absolute Gasteiger partial charge is 0.369 e. The van der Waals surface area contributed by atoms with Gasteiger partial charge in [0.25, 0.3) is 5.95 Å². The number of para-hydroxylation sites is 1. The van der Waals surface area contributed by atoms with E-state index < -0.39 is 0 Å². The van der Waals surface area contributed by atoms with Gasteiger partial charge in [0.15, 0.2) is 0 Å². The molecule has 0 unspecified atom stereocenters. The molecule has 2 aromatic rings. The van der Waals surface area contributed by atoms with E-state index in [4.69, 9.17) is 5.73 Å². The van der Waals surface area contributed by atoms with E-state index in [9.17, 15) is 4.79 Å². The van der Waals surface area contributed by atoms with E-state index in [1.165, 1.54) is 0 Å². The number of hydrogen-bond acceptors (Lipinski definition) is 5. The molecule has 0 aliphatic rings. The summed E-state index contributed by atoms with van der Waals surface area (Å²) in [7, 11) is 3.93. The first kappa shape index (κ1) is 16.8. The van der Waals surface area contributed by atoms with Crippen LogP contribution in [0.25, 0.3) is 10.9 Å². The van der Waals surface area contributed by atoms with Gasteiger partial charge in [0.05, 0.1) is 11.2 Å². The number of nitrogens with one attached hydrogen (secondary N) is 1. The number of nitrogens with two attached hydrogens (primary N) is 1. The highest BCUT2D eigenvalue weighted by Gasteiger charge is 2.06. The predicted molar refractivity (Wildman–Crippen MR) is 91.5 cm³/mol. The minimum absolute atomic E-state index is 0.00883. The predicted octanol–water partition coefficient (Wildman–Crippen LogP) is 1.34. The number of carbonyl (C=O) groups excluding carboxylic acids is 1. The van der Waals surface area contributed by atoms with Crippen LogP contribution in [-0.4, -0.2) is 47.4 Å². The first-order valence-corrected chi connectivity index (χ1v) is 7.48. The highest BCUT2D eigenvalue weighted by molar-refractivity contribution is 5.97. The summed E-state index contributed by atoms with van der Waals surface area (Å²) in [5.41, 5.74) is 7.37. The van der Waals surface area contributed by atoms with Crippen molar-refractivity contribution in [2.45, 2.75) is 19.8 Å². The zero-order chi connectivity index (χ0) is 16.8. The summed E-state index contributed by atoms with van der Waals surface area (Å²) in [6.07, 6.45) is 1.16. The van der Waals surface area contributed by atoms with E-state index in [1.807, 2.05) is 50.2 Å². The van der Waals surface area contributed by atoms with Crippen molar-refractivity contribution in [1.29, 1.82) is 0 Å². The number of amides is 1. The van der Waals surface area contributed by atoms with Crippen LogP contribution in [0.2, 0.25) is 0 Å². The molecule has 7 nitrogen and oxygen atoms in total. The van der Waals surface area contributed by atoms with Gasteiger partial charge in [-0.3, -0.25) is 10.1 Å². The average Bonchev–Trinajstić information content (AvgIpc) is 2.46. The van der Waals surface area contributed by atoms with Crippen molar-refractivity contribution >= 4 is 28.7 Å². The maximum atomic E-state index is 11.8. The molecule has 0 spiro atoms. The number of benzene rings is 1. The van der Waals surface area contributed by atoms with Crippen LogP contribution >= 0.6 is 0 Å². The van der Waals surface area contributed by atoms with Gasteiger partial charge in [0.2, 0.25) is 11.9 Å². The lowest BCUT2D eigenvalue weighted by Gasteiger charge is -2.09. The second-order valence-electron chi connectivity index (χ2n) is 5.58. The van der Waals surface area contributed by atoms with Crippen molar-refractivity contribution in [3.8, 4) is 0 Å². The van der Waals surface area contributed by atoms with Crippen molar-refractivity contribution in [2.75, 3.05) is 20.6 Å². The number of nitrogens with zero attached hydrogens (tertiary/aromatic N) is 4. The molecule has 2 rings (SSSR count). The Balaban J connectivity index is 2.04. The van der Waals surface area contributed by atoms with E-state index in [0.717, 1.165) is 29.6 Å². The number of hydrogen-bond donors (Lipinski definition) is 2. The fraction of sp³-hybridized carbons (Fsp3) is 0.375. The number of aromatic nitrogens is 2. The van der Waals surface area contributed by atoms with Gasteiger partial charge in [-0.1, -0.05) is 18.2 Å². The standard InChI is InChI=1S/C16H22N6O/c1-11-12-7-4-5-8-13(12)19-16(18-11)21-15(17)20-14(23)9-6-10-22(2)3/h4-5,7-8H,6,9-10H2,1-3H3,(H3,17,18,19,20,21,23). The molecule has 0 atom stereocenters. The summed E-state index contributed by atoms with van der Waals surface area (Å²) in [6.45, 7) is 2.73. The molecule has 3 N–H and O–H groups in total. The molecule has 1 aromatic heterocycles. The number of carbonyl (C=O) groups is 1. The van der Waals surface area contributed by atoms with Crippen LogP contribution in [0, 0.1) is 6.92 Å². The van der Waals surface area contributed by atoms with Crippen LogP contribution in [0.4, 0.5) is 5.95 Å². The van der Waals surface area contributed by atoms with E-state index >= 15 is 0 Å². The molecule has 122 valence electrons. The van der Waals surface area contributed by atoms with Crippen molar-refractivity contribution in [1.82, 2.24) is 20.2 Å². The SMILES string of the molecule is Cc1nc(/N=C(\N)NC(=O)CCCN(C)C)nc2ccccc12. The van der Waals surface area contributed by atoms with Gasteiger partial charge in [0, 0.05) is 11.8 Å². The van der Waals surface area contributed by atoms with Gasteiger partial charge in [-0.2, -0.15) is 4.99 Å². The number of aryl methyl sites for hydroxylation is 1. The number of aliphatic imine (C=N–C) groups is 1. The quantitative estimate of drug-likeness (QED) is 0.641. The van der Waals surface area contributed by atoms with Gasteiger partial charge in [0.1, 0.15) is 0 Å². The fourth-order valence-electron chi connectivity index (χ4n) is 2.17. The molecule has 0 radical (unpaired) electrons. The zero-order valence-electron chi connectivity index (χ0n) is 13.7. The highest BCUT2D eigenvalue weighted by Crippen LogP contribution is 2.17. The minimum atomic E-state index is -0.161. The zero-order valence-corrected chi connectivity index (χ0v) is 13.7. The van der Waals surface area contributed by atoms with Gasteiger partial charge >= 0.3 is 0 Å². The van der Waals surface area contributed by atoms with Gasteiger partial charge in [-0.05, 0) is 40.1 Å². The molecule has 1 amide bonds. The highest BCUT2D eigenvalue weighted by atomic mass is 16.1.